The van der Waals surface area contributed by atoms with Gasteiger partial charge in [-0.25, -0.2) is 4.39 Å². The number of likely N-dealkylation sites (tertiary alicyclic amines) is 1. The highest BCUT2D eigenvalue weighted by Crippen LogP contribution is 2.28. The number of hydrogen-bond donors (Lipinski definition) is 0. The Labute approximate surface area is 113 Å². The molecule has 18 heavy (non-hydrogen) atoms. The minimum atomic E-state index is -0.521. The van der Waals surface area contributed by atoms with E-state index in [-0.39, 0.29) is 11.3 Å². The standard InChI is InChI=1S/C12H14BrFN2O2/c13-9-6-11(14)10(12(7-9)16(17)18)8-15-4-2-1-3-5-15/h6-7H,1-5,8H2. The minimum Gasteiger partial charge on any atom is -0.299 e. The van der Waals surface area contributed by atoms with Gasteiger partial charge in [0.15, 0.2) is 0 Å². The average molecular weight is 317 g/mol. The van der Waals surface area contributed by atoms with Gasteiger partial charge in [0.1, 0.15) is 5.82 Å². The van der Waals surface area contributed by atoms with E-state index >= 15 is 0 Å². The predicted octanol–water partition coefficient (Wildman–Crippen LogP) is 3.48. The van der Waals surface area contributed by atoms with Crippen molar-refractivity contribution in [3.8, 4) is 0 Å². The Morgan fingerprint density at radius 3 is 2.61 bits per heavy atom. The van der Waals surface area contributed by atoms with E-state index in [0.717, 1.165) is 25.9 Å². The van der Waals surface area contributed by atoms with E-state index in [4.69, 9.17) is 0 Å². The van der Waals surface area contributed by atoms with Crippen molar-refractivity contribution in [2.75, 3.05) is 13.1 Å². The predicted molar refractivity (Wildman–Crippen MR) is 69.9 cm³/mol. The Hall–Kier alpha value is -1.01. The molecule has 4 nitrogen and oxygen atoms in total. The van der Waals surface area contributed by atoms with Gasteiger partial charge in [0.25, 0.3) is 5.69 Å². The van der Waals surface area contributed by atoms with Crippen LogP contribution in [0.5, 0.6) is 0 Å². The van der Waals surface area contributed by atoms with Crippen LogP contribution in [-0.4, -0.2) is 22.9 Å². The molecule has 1 aliphatic heterocycles. The molecule has 2 rings (SSSR count). The average Bonchev–Trinajstić information content (AvgIpc) is 2.33. The first-order chi connectivity index (χ1) is 8.58. The van der Waals surface area contributed by atoms with Crippen LogP contribution in [0.1, 0.15) is 24.8 Å². The number of rotatable bonds is 3. The fourth-order valence-electron chi connectivity index (χ4n) is 2.25. The number of nitro benzene ring substituents is 1. The van der Waals surface area contributed by atoms with Crippen molar-refractivity contribution >= 4 is 21.6 Å². The summed E-state index contributed by atoms with van der Waals surface area (Å²) < 4.78 is 14.3. The highest BCUT2D eigenvalue weighted by molar-refractivity contribution is 9.10. The van der Waals surface area contributed by atoms with Gasteiger partial charge in [-0.05, 0) is 32.0 Å². The fourth-order valence-corrected chi connectivity index (χ4v) is 2.67. The van der Waals surface area contributed by atoms with Gasteiger partial charge in [0.2, 0.25) is 0 Å². The van der Waals surface area contributed by atoms with Gasteiger partial charge in [-0.2, -0.15) is 0 Å². The molecule has 0 amide bonds. The lowest BCUT2D eigenvalue weighted by Crippen LogP contribution is -2.29. The van der Waals surface area contributed by atoms with Gasteiger partial charge in [0.05, 0.1) is 10.5 Å². The molecule has 1 heterocycles. The van der Waals surface area contributed by atoms with Gasteiger partial charge in [-0.15, -0.1) is 0 Å². The third-order valence-electron chi connectivity index (χ3n) is 3.16. The molecule has 1 aromatic carbocycles. The number of nitrogens with zero attached hydrogens (tertiary/aromatic N) is 2. The van der Waals surface area contributed by atoms with Crippen molar-refractivity contribution in [3.63, 3.8) is 0 Å². The molecule has 6 heteroatoms. The smallest absolute Gasteiger partial charge is 0.277 e. The highest BCUT2D eigenvalue weighted by atomic mass is 79.9. The first-order valence-corrected chi connectivity index (χ1v) is 6.72. The zero-order valence-corrected chi connectivity index (χ0v) is 11.5. The summed E-state index contributed by atoms with van der Waals surface area (Å²) in [5, 5.41) is 11.0. The van der Waals surface area contributed by atoms with Crippen molar-refractivity contribution in [2.45, 2.75) is 25.8 Å². The summed E-state index contributed by atoms with van der Waals surface area (Å²) in [5.74, 6) is -0.512. The van der Waals surface area contributed by atoms with E-state index in [9.17, 15) is 14.5 Å². The second-order valence-corrected chi connectivity index (χ2v) is 5.39. The summed E-state index contributed by atoms with van der Waals surface area (Å²) in [6.07, 6.45) is 3.33. The van der Waals surface area contributed by atoms with E-state index in [2.05, 4.69) is 20.8 Å². The molecular weight excluding hydrogens is 303 g/mol. The zero-order valence-electron chi connectivity index (χ0n) is 9.86. The lowest BCUT2D eigenvalue weighted by molar-refractivity contribution is -0.386. The van der Waals surface area contributed by atoms with Gasteiger partial charge in [-0.3, -0.25) is 15.0 Å². The highest BCUT2D eigenvalue weighted by Gasteiger charge is 2.22. The van der Waals surface area contributed by atoms with Crippen LogP contribution in [0, 0.1) is 15.9 Å². The molecule has 1 aliphatic rings. The zero-order chi connectivity index (χ0) is 13.1. The molecule has 98 valence electrons. The SMILES string of the molecule is O=[N+]([O-])c1cc(Br)cc(F)c1CN1CCCCC1. The van der Waals surface area contributed by atoms with Crippen molar-refractivity contribution < 1.29 is 9.31 Å². The maximum Gasteiger partial charge on any atom is 0.277 e. The second kappa shape index (κ2) is 5.75. The van der Waals surface area contributed by atoms with Crippen LogP contribution >= 0.6 is 15.9 Å². The monoisotopic (exact) mass is 316 g/mol. The van der Waals surface area contributed by atoms with Gasteiger partial charge < -0.3 is 0 Å². The Balaban J connectivity index is 2.27. The summed E-state index contributed by atoms with van der Waals surface area (Å²) >= 11 is 3.08. The lowest BCUT2D eigenvalue weighted by Gasteiger charge is -2.26. The van der Waals surface area contributed by atoms with Crippen LogP contribution in [0.2, 0.25) is 0 Å². The molecule has 0 aromatic heterocycles. The van der Waals surface area contributed by atoms with Crippen molar-refractivity contribution in [1.82, 2.24) is 4.90 Å². The number of piperidine rings is 1. The first-order valence-electron chi connectivity index (χ1n) is 5.92. The van der Waals surface area contributed by atoms with E-state index in [1.165, 1.54) is 18.6 Å². The molecule has 1 aromatic rings. The van der Waals surface area contributed by atoms with E-state index in [0.29, 0.717) is 11.0 Å². The lowest BCUT2D eigenvalue weighted by atomic mass is 10.1. The summed E-state index contributed by atoms with van der Waals surface area (Å²) in [6.45, 7) is 2.08. The minimum absolute atomic E-state index is 0.146. The topological polar surface area (TPSA) is 46.4 Å². The maximum absolute atomic E-state index is 13.9. The summed E-state index contributed by atoms with van der Waals surface area (Å²) in [6, 6.07) is 2.65. The van der Waals surface area contributed by atoms with E-state index in [1.807, 2.05) is 0 Å². The summed E-state index contributed by atoms with van der Waals surface area (Å²) in [7, 11) is 0. The molecule has 0 unspecified atom stereocenters. The van der Waals surface area contributed by atoms with E-state index in [1.54, 1.807) is 0 Å². The normalized spacial score (nSPS) is 16.8. The van der Waals surface area contributed by atoms with Gasteiger partial charge in [-0.1, -0.05) is 22.4 Å². The molecule has 1 fully saturated rings. The van der Waals surface area contributed by atoms with Crippen LogP contribution in [0.3, 0.4) is 0 Å². The largest absolute Gasteiger partial charge is 0.299 e. The van der Waals surface area contributed by atoms with Crippen molar-refractivity contribution in [2.24, 2.45) is 0 Å². The molecule has 0 saturated carbocycles. The Morgan fingerprint density at radius 2 is 2.00 bits per heavy atom. The Kier molecular flexibility index (Phi) is 4.29. The molecule has 0 bridgehead atoms. The van der Waals surface area contributed by atoms with Crippen LogP contribution < -0.4 is 0 Å². The second-order valence-electron chi connectivity index (χ2n) is 4.48. The quantitative estimate of drug-likeness (QED) is 0.633. The number of halogens is 2. The molecule has 0 aliphatic carbocycles. The van der Waals surface area contributed by atoms with Gasteiger partial charge in [0, 0.05) is 17.1 Å². The molecule has 0 radical (unpaired) electrons. The van der Waals surface area contributed by atoms with Crippen LogP contribution in [0.15, 0.2) is 16.6 Å². The van der Waals surface area contributed by atoms with Crippen LogP contribution in [0.4, 0.5) is 10.1 Å². The first kappa shape index (κ1) is 13.4. The third-order valence-corrected chi connectivity index (χ3v) is 3.62. The van der Waals surface area contributed by atoms with Gasteiger partial charge >= 0.3 is 0 Å². The van der Waals surface area contributed by atoms with Crippen LogP contribution in [0.25, 0.3) is 0 Å². The van der Waals surface area contributed by atoms with E-state index < -0.39 is 10.7 Å². The Morgan fingerprint density at radius 1 is 1.33 bits per heavy atom. The number of nitro groups is 1. The molecular formula is C12H14BrFN2O2. The van der Waals surface area contributed by atoms with Crippen molar-refractivity contribution in [1.29, 1.82) is 0 Å². The van der Waals surface area contributed by atoms with Crippen LogP contribution in [-0.2, 0) is 6.54 Å². The molecule has 0 atom stereocenters. The maximum atomic E-state index is 13.9. The number of hydrogen-bond acceptors (Lipinski definition) is 3. The summed E-state index contributed by atoms with van der Waals surface area (Å²) in [4.78, 5) is 12.5. The molecule has 0 N–H and O–H groups in total. The fraction of sp³-hybridized carbons (Fsp3) is 0.500. The number of benzene rings is 1. The van der Waals surface area contributed by atoms with Crippen molar-refractivity contribution in [3.05, 3.63) is 38.1 Å². The summed E-state index contributed by atoms with van der Waals surface area (Å²) in [5.41, 5.74) is 0.0394. The molecule has 0 spiro atoms. The molecule has 1 saturated heterocycles. The third kappa shape index (κ3) is 3.05. The Bertz CT molecular complexity index is 462.